The molecule has 0 saturated carbocycles. The molecule has 0 bridgehead atoms. The second-order valence-electron chi connectivity index (χ2n) is 6.72. The van der Waals surface area contributed by atoms with Crippen molar-refractivity contribution >= 4 is 45.0 Å². The molecule has 0 spiro atoms. The van der Waals surface area contributed by atoms with Crippen LogP contribution in [0.3, 0.4) is 0 Å². The molecule has 0 radical (unpaired) electrons. The van der Waals surface area contributed by atoms with E-state index in [1.54, 1.807) is 18.2 Å². The Morgan fingerprint density at radius 2 is 1.84 bits per heavy atom. The molecular formula is C23H19N3O4S. The van der Waals surface area contributed by atoms with Gasteiger partial charge in [0.05, 0.1) is 18.1 Å². The maximum atomic E-state index is 12.7. The number of aryl methyl sites for hydroxylation is 1. The van der Waals surface area contributed by atoms with Crippen LogP contribution in [0.2, 0.25) is 0 Å². The quantitative estimate of drug-likeness (QED) is 0.433. The summed E-state index contributed by atoms with van der Waals surface area (Å²) in [5.74, 6) is -0.280. The van der Waals surface area contributed by atoms with E-state index in [0.717, 1.165) is 16.5 Å². The van der Waals surface area contributed by atoms with E-state index in [9.17, 15) is 9.59 Å². The van der Waals surface area contributed by atoms with Crippen molar-refractivity contribution < 1.29 is 19.1 Å². The molecule has 4 aromatic rings. The van der Waals surface area contributed by atoms with Gasteiger partial charge in [0.15, 0.2) is 0 Å². The van der Waals surface area contributed by atoms with Crippen LogP contribution in [0.15, 0.2) is 60.9 Å². The number of hydrogen-bond donors (Lipinski definition) is 1. The van der Waals surface area contributed by atoms with Crippen molar-refractivity contribution in [1.29, 1.82) is 0 Å². The highest BCUT2D eigenvalue weighted by molar-refractivity contribution is 7.20. The SMILES string of the molecule is COC(=O)c1cccc(Nc2ncnc3sc(C(=O)OCc4ccccc4)c(C)c23)c1. The summed E-state index contributed by atoms with van der Waals surface area (Å²) >= 11 is 1.26. The normalized spacial score (nSPS) is 10.6. The number of carbonyl (C=O) groups is 2. The Hall–Kier alpha value is -3.78. The predicted molar refractivity (Wildman–Crippen MR) is 119 cm³/mol. The molecule has 2 aromatic carbocycles. The lowest BCUT2D eigenvalue weighted by Gasteiger charge is -2.09. The topological polar surface area (TPSA) is 90.4 Å². The van der Waals surface area contributed by atoms with Crippen LogP contribution in [0.1, 0.15) is 31.2 Å². The average molecular weight is 433 g/mol. The number of benzene rings is 2. The van der Waals surface area contributed by atoms with Crippen molar-refractivity contribution in [3.63, 3.8) is 0 Å². The van der Waals surface area contributed by atoms with Crippen molar-refractivity contribution in [2.45, 2.75) is 13.5 Å². The first-order chi connectivity index (χ1) is 15.1. The van der Waals surface area contributed by atoms with Gasteiger partial charge in [0.2, 0.25) is 0 Å². The summed E-state index contributed by atoms with van der Waals surface area (Å²) in [6, 6.07) is 16.4. The maximum Gasteiger partial charge on any atom is 0.349 e. The lowest BCUT2D eigenvalue weighted by atomic mass is 10.1. The maximum absolute atomic E-state index is 12.7. The molecule has 8 heteroatoms. The minimum atomic E-state index is -0.424. The van der Waals surface area contributed by atoms with Crippen LogP contribution >= 0.6 is 11.3 Å². The molecule has 0 aliphatic rings. The number of hydrogen-bond acceptors (Lipinski definition) is 8. The summed E-state index contributed by atoms with van der Waals surface area (Å²) in [5.41, 5.74) is 2.75. The van der Waals surface area contributed by atoms with Gasteiger partial charge in [0.25, 0.3) is 0 Å². The molecule has 2 aromatic heterocycles. The van der Waals surface area contributed by atoms with E-state index in [-0.39, 0.29) is 6.61 Å². The molecule has 0 aliphatic carbocycles. The van der Waals surface area contributed by atoms with Gasteiger partial charge in [-0.25, -0.2) is 19.6 Å². The van der Waals surface area contributed by atoms with Crippen LogP contribution in [-0.2, 0) is 16.1 Å². The standard InChI is InChI=1S/C23H19N3O4S/c1-14-18-20(26-17-10-6-9-16(11-17)22(27)29-2)24-13-25-21(18)31-19(14)23(28)30-12-15-7-4-3-5-8-15/h3-11,13H,12H2,1-2H3,(H,24,25,26). The monoisotopic (exact) mass is 433 g/mol. The van der Waals surface area contributed by atoms with E-state index in [2.05, 4.69) is 15.3 Å². The van der Waals surface area contributed by atoms with Gasteiger partial charge in [-0.15, -0.1) is 11.3 Å². The smallest absolute Gasteiger partial charge is 0.349 e. The highest BCUT2D eigenvalue weighted by atomic mass is 32.1. The van der Waals surface area contributed by atoms with Crippen molar-refractivity contribution in [3.8, 4) is 0 Å². The number of ether oxygens (including phenoxy) is 2. The van der Waals surface area contributed by atoms with Crippen molar-refractivity contribution in [2.75, 3.05) is 12.4 Å². The van der Waals surface area contributed by atoms with Gasteiger partial charge in [-0.1, -0.05) is 36.4 Å². The molecule has 156 valence electrons. The molecule has 7 nitrogen and oxygen atoms in total. The Kier molecular flexibility index (Phi) is 5.90. The van der Waals surface area contributed by atoms with E-state index in [4.69, 9.17) is 9.47 Å². The molecule has 0 unspecified atom stereocenters. The molecule has 0 fully saturated rings. The number of nitrogens with zero attached hydrogens (tertiary/aromatic N) is 2. The number of carbonyl (C=O) groups excluding carboxylic acids is 2. The highest BCUT2D eigenvalue weighted by Gasteiger charge is 2.21. The molecule has 31 heavy (non-hydrogen) atoms. The first-order valence-electron chi connectivity index (χ1n) is 9.47. The molecule has 0 saturated heterocycles. The van der Waals surface area contributed by atoms with E-state index >= 15 is 0 Å². The van der Waals surface area contributed by atoms with Gasteiger partial charge in [-0.2, -0.15) is 0 Å². The Labute approximate surface area is 182 Å². The lowest BCUT2D eigenvalue weighted by Crippen LogP contribution is -2.05. The van der Waals surface area contributed by atoms with Crippen LogP contribution in [0.5, 0.6) is 0 Å². The second kappa shape index (κ2) is 8.93. The molecular weight excluding hydrogens is 414 g/mol. The fourth-order valence-electron chi connectivity index (χ4n) is 3.13. The van der Waals surface area contributed by atoms with E-state index in [1.807, 2.05) is 43.3 Å². The number of rotatable bonds is 6. The van der Waals surface area contributed by atoms with Gasteiger partial charge < -0.3 is 14.8 Å². The van der Waals surface area contributed by atoms with Gasteiger partial charge in [0.1, 0.15) is 28.5 Å². The predicted octanol–water partition coefficient (Wildman–Crippen LogP) is 4.89. The van der Waals surface area contributed by atoms with Crippen LogP contribution in [0.25, 0.3) is 10.2 Å². The fourth-order valence-corrected chi connectivity index (χ4v) is 4.17. The van der Waals surface area contributed by atoms with Gasteiger partial charge in [-0.3, -0.25) is 0 Å². The van der Waals surface area contributed by atoms with Crippen molar-refractivity contribution in [2.24, 2.45) is 0 Å². The Morgan fingerprint density at radius 3 is 2.61 bits per heavy atom. The third-order valence-corrected chi connectivity index (χ3v) is 5.85. The number of thiophene rings is 1. The summed E-state index contributed by atoms with van der Waals surface area (Å²) in [5, 5.41) is 3.95. The molecule has 2 heterocycles. The zero-order valence-corrected chi connectivity index (χ0v) is 17.7. The average Bonchev–Trinajstić information content (AvgIpc) is 3.15. The summed E-state index contributed by atoms with van der Waals surface area (Å²) in [6.07, 6.45) is 1.43. The Balaban J connectivity index is 1.61. The first kappa shape index (κ1) is 20.5. The number of fused-ring (bicyclic) bond motifs is 1. The number of nitrogens with one attached hydrogen (secondary N) is 1. The molecule has 0 aliphatic heterocycles. The van der Waals surface area contributed by atoms with E-state index in [0.29, 0.717) is 26.8 Å². The Morgan fingerprint density at radius 1 is 1.03 bits per heavy atom. The minimum Gasteiger partial charge on any atom is -0.465 e. The first-order valence-corrected chi connectivity index (χ1v) is 10.3. The van der Waals surface area contributed by atoms with Gasteiger partial charge in [0, 0.05) is 5.69 Å². The summed E-state index contributed by atoms with van der Waals surface area (Å²) in [6.45, 7) is 2.04. The highest BCUT2D eigenvalue weighted by Crippen LogP contribution is 2.35. The zero-order valence-electron chi connectivity index (χ0n) is 16.9. The largest absolute Gasteiger partial charge is 0.465 e. The second-order valence-corrected chi connectivity index (χ2v) is 7.72. The zero-order chi connectivity index (χ0) is 21.8. The van der Waals surface area contributed by atoms with Crippen LogP contribution in [0, 0.1) is 6.92 Å². The summed E-state index contributed by atoms with van der Waals surface area (Å²) in [4.78, 5) is 34.3. The van der Waals surface area contributed by atoms with E-state index < -0.39 is 11.9 Å². The number of methoxy groups -OCH3 is 1. The molecule has 0 amide bonds. The third-order valence-electron chi connectivity index (χ3n) is 4.67. The summed E-state index contributed by atoms with van der Waals surface area (Å²) in [7, 11) is 1.34. The van der Waals surface area contributed by atoms with Gasteiger partial charge in [-0.05, 0) is 36.2 Å². The summed E-state index contributed by atoms with van der Waals surface area (Å²) < 4.78 is 10.3. The molecule has 0 atom stereocenters. The minimum absolute atomic E-state index is 0.199. The molecule has 1 N–H and O–H groups in total. The van der Waals surface area contributed by atoms with E-state index in [1.165, 1.54) is 24.8 Å². The fraction of sp³-hybridized carbons (Fsp3) is 0.130. The van der Waals surface area contributed by atoms with Gasteiger partial charge >= 0.3 is 11.9 Å². The number of esters is 2. The lowest BCUT2D eigenvalue weighted by molar-refractivity contribution is 0.0477. The molecule has 4 rings (SSSR count). The Bertz CT molecular complexity index is 1250. The van der Waals surface area contributed by atoms with Crippen molar-refractivity contribution in [1.82, 2.24) is 9.97 Å². The number of anilines is 2. The van der Waals surface area contributed by atoms with Crippen molar-refractivity contribution in [3.05, 3.63) is 82.5 Å². The van der Waals surface area contributed by atoms with Crippen LogP contribution in [0.4, 0.5) is 11.5 Å². The van der Waals surface area contributed by atoms with Crippen LogP contribution in [-0.4, -0.2) is 29.0 Å². The number of aromatic nitrogens is 2. The van der Waals surface area contributed by atoms with Crippen LogP contribution < -0.4 is 5.32 Å². The third kappa shape index (κ3) is 4.39.